The molecule has 0 aliphatic carbocycles. The van der Waals surface area contributed by atoms with Gasteiger partial charge in [0.2, 0.25) is 0 Å². The molecule has 4 heteroatoms. The fourth-order valence-corrected chi connectivity index (χ4v) is 3.06. The van der Waals surface area contributed by atoms with Gasteiger partial charge in [0.05, 0.1) is 0 Å². The predicted octanol–water partition coefficient (Wildman–Crippen LogP) is 4.07. The standard InChI is InChI=1S/C15H15F2NS/c1-10-4-2-3-5-12(10)15(9-18)19-14-8-11(16)6-7-13(14)17/h2-8,15H,9,18H2,1H3. The van der Waals surface area contributed by atoms with Gasteiger partial charge in [-0.25, -0.2) is 8.78 Å². The number of aryl methyl sites for hydroxylation is 1. The summed E-state index contributed by atoms with van der Waals surface area (Å²) < 4.78 is 26.8. The quantitative estimate of drug-likeness (QED) is 0.854. The first-order valence-corrected chi connectivity index (χ1v) is 6.87. The van der Waals surface area contributed by atoms with Crippen LogP contribution in [0.5, 0.6) is 0 Å². The molecule has 2 N–H and O–H groups in total. The maximum absolute atomic E-state index is 13.7. The Morgan fingerprint density at radius 3 is 2.58 bits per heavy atom. The van der Waals surface area contributed by atoms with E-state index < -0.39 is 11.6 Å². The van der Waals surface area contributed by atoms with Gasteiger partial charge in [0, 0.05) is 16.7 Å². The van der Waals surface area contributed by atoms with E-state index >= 15 is 0 Å². The third-order valence-electron chi connectivity index (χ3n) is 2.91. The smallest absolute Gasteiger partial charge is 0.136 e. The van der Waals surface area contributed by atoms with Crippen molar-refractivity contribution in [3.8, 4) is 0 Å². The Hall–Kier alpha value is -1.39. The Morgan fingerprint density at radius 1 is 1.16 bits per heavy atom. The minimum absolute atomic E-state index is 0.0856. The van der Waals surface area contributed by atoms with Crippen LogP contribution in [-0.2, 0) is 0 Å². The zero-order chi connectivity index (χ0) is 13.8. The summed E-state index contributed by atoms with van der Waals surface area (Å²) in [6.07, 6.45) is 0. The largest absolute Gasteiger partial charge is 0.329 e. The van der Waals surface area contributed by atoms with E-state index in [0.717, 1.165) is 23.3 Å². The van der Waals surface area contributed by atoms with E-state index in [4.69, 9.17) is 5.73 Å². The molecule has 0 aromatic heterocycles. The Balaban J connectivity index is 2.29. The monoisotopic (exact) mass is 279 g/mol. The van der Waals surface area contributed by atoms with E-state index in [1.54, 1.807) is 0 Å². The minimum Gasteiger partial charge on any atom is -0.329 e. The first kappa shape index (κ1) is 14.0. The molecule has 0 saturated carbocycles. The van der Waals surface area contributed by atoms with Crippen LogP contribution in [-0.4, -0.2) is 6.54 Å². The predicted molar refractivity (Wildman–Crippen MR) is 75.2 cm³/mol. The van der Waals surface area contributed by atoms with Gasteiger partial charge < -0.3 is 5.73 Å². The summed E-state index contributed by atoms with van der Waals surface area (Å²) >= 11 is 1.26. The molecule has 0 aliphatic rings. The van der Waals surface area contributed by atoms with E-state index in [1.807, 2.05) is 31.2 Å². The van der Waals surface area contributed by atoms with Crippen LogP contribution in [0.15, 0.2) is 47.4 Å². The highest BCUT2D eigenvalue weighted by atomic mass is 32.2. The molecule has 0 heterocycles. The average molecular weight is 279 g/mol. The van der Waals surface area contributed by atoms with E-state index in [1.165, 1.54) is 17.8 Å². The molecule has 0 saturated heterocycles. The molecule has 0 amide bonds. The Bertz CT molecular complexity index is 572. The molecule has 2 aromatic carbocycles. The van der Waals surface area contributed by atoms with Crippen molar-refractivity contribution in [1.29, 1.82) is 0 Å². The molecule has 0 spiro atoms. The summed E-state index contributed by atoms with van der Waals surface area (Å²) in [6, 6.07) is 11.3. The summed E-state index contributed by atoms with van der Waals surface area (Å²) in [7, 11) is 0. The molecule has 0 aliphatic heterocycles. The maximum atomic E-state index is 13.7. The van der Waals surface area contributed by atoms with Crippen LogP contribution in [0.3, 0.4) is 0 Å². The first-order chi connectivity index (χ1) is 9.11. The highest BCUT2D eigenvalue weighted by molar-refractivity contribution is 7.99. The van der Waals surface area contributed by atoms with Gasteiger partial charge in [-0.05, 0) is 36.2 Å². The third kappa shape index (κ3) is 3.33. The van der Waals surface area contributed by atoms with Crippen molar-refractivity contribution in [3.05, 3.63) is 65.2 Å². The van der Waals surface area contributed by atoms with Crippen molar-refractivity contribution in [2.45, 2.75) is 17.1 Å². The van der Waals surface area contributed by atoms with Crippen LogP contribution in [0.25, 0.3) is 0 Å². The summed E-state index contributed by atoms with van der Waals surface area (Å²) in [6.45, 7) is 2.35. The first-order valence-electron chi connectivity index (χ1n) is 5.99. The lowest BCUT2D eigenvalue weighted by atomic mass is 10.1. The van der Waals surface area contributed by atoms with Gasteiger partial charge in [-0.3, -0.25) is 0 Å². The number of nitrogens with two attached hydrogens (primary N) is 1. The number of hydrogen-bond acceptors (Lipinski definition) is 2. The molecule has 1 unspecified atom stereocenters. The molecule has 2 aromatic rings. The van der Waals surface area contributed by atoms with Crippen molar-refractivity contribution in [2.75, 3.05) is 6.54 Å². The second-order valence-electron chi connectivity index (χ2n) is 4.27. The van der Waals surface area contributed by atoms with Gasteiger partial charge >= 0.3 is 0 Å². The summed E-state index contributed by atoms with van der Waals surface area (Å²) in [5.74, 6) is -0.858. The van der Waals surface area contributed by atoms with Crippen molar-refractivity contribution in [1.82, 2.24) is 0 Å². The van der Waals surface area contributed by atoms with Crippen LogP contribution in [0.1, 0.15) is 16.4 Å². The Kier molecular flexibility index (Phi) is 4.56. The van der Waals surface area contributed by atoms with Crippen LogP contribution in [0.4, 0.5) is 8.78 Å². The molecule has 1 nitrogen and oxygen atoms in total. The lowest BCUT2D eigenvalue weighted by Crippen LogP contribution is -2.10. The molecule has 0 bridgehead atoms. The van der Waals surface area contributed by atoms with Crippen LogP contribution < -0.4 is 5.73 Å². The zero-order valence-electron chi connectivity index (χ0n) is 10.6. The highest BCUT2D eigenvalue weighted by Gasteiger charge is 2.16. The fraction of sp³-hybridized carbons (Fsp3) is 0.200. The molecule has 19 heavy (non-hydrogen) atoms. The molecule has 0 fully saturated rings. The molecule has 100 valence electrons. The highest BCUT2D eigenvalue weighted by Crippen LogP contribution is 2.37. The molecular weight excluding hydrogens is 264 g/mol. The van der Waals surface area contributed by atoms with Crippen molar-refractivity contribution in [3.63, 3.8) is 0 Å². The van der Waals surface area contributed by atoms with Crippen LogP contribution in [0, 0.1) is 18.6 Å². The van der Waals surface area contributed by atoms with Gasteiger partial charge in [0.15, 0.2) is 0 Å². The van der Waals surface area contributed by atoms with Crippen LogP contribution in [0.2, 0.25) is 0 Å². The van der Waals surface area contributed by atoms with Gasteiger partial charge in [0.1, 0.15) is 11.6 Å². The second kappa shape index (κ2) is 6.17. The lowest BCUT2D eigenvalue weighted by Gasteiger charge is -2.17. The average Bonchev–Trinajstić information content (AvgIpc) is 2.41. The van der Waals surface area contributed by atoms with Crippen molar-refractivity contribution >= 4 is 11.8 Å². The molecule has 0 radical (unpaired) electrons. The maximum Gasteiger partial charge on any atom is 0.136 e. The number of halogens is 2. The van der Waals surface area contributed by atoms with Gasteiger partial charge in [-0.15, -0.1) is 11.8 Å². The second-order valence-corrected chi connectivity index (χ2v) is 5.52. The molecule has 2 rings (SSSR count). The zero-order valence-corrected chi connectivity index (χ0v) is 11.4. The normalized spacial score (nSPS) is 12.4. The van der Waals surface area contributed by atoms with E-state index in [2.05, 4.69) is 0 Å². The van der Waals surface area contributed by atoms with E-state index in [-0.39, 0.29) is 5.25 Å². The Morgan fingerprint density at radius 2 is 1.89 bits per heavy atom. The fourth-order valence-electron chi connectivity index (χ4n) is 1.91. The van der Waals surface area contributed by atoms with Crippen molar-refractivity contribution < 1.29 is 8.78 Å². The van der Waals surface area contributed by atoms with E-state index in [0.29, 0.717) is 11.4 Å². The van der Waals surface area contributed by atoms with Crippen LogP contribution >= 0.6 is 11.8 Å². The van der Waals surface area contributed by atoms with Crippen molar-refractivity contribution in [2.24, 2.45) is 5.73 Å². The Labute approximate surface area is 115 Å². The summed E-state index contributed by atoms with van der Waals surface area (Å²) in [5, 5.41) is -0.0856. The number of rotatable bonds is 4. The van der Waals surface area contributed by atoms with Gasteiger partial charge in [-0.1, -0.05) is 24.3 Å². The van der Waals surface area contributed by atoms with Gasteiger partial charge in [-0.2, -0.15) is 0 Å². The summed E-state index contributed by atoms with van der Waals surface area (Å²) in [4.78, 5) is 0.290. The SMILES string of the molecule is Cc1ccccc1C(CN)Sc1cc(F)ccc1F. The minimum atomic E-state index is -0.440. The lowest BCUT2D eigenvalue weighted by molar-refractivity contribution is 0.576. The number of hydrogen-bond donors (Lipinski definition) is 1. The number of thioether (sulfide) groups is 1. The molecule has 1 atom stereocenters. The van der Waals surface area contributed by atoms with Gasteiger partial charge in [0.25, 0.3) is 0 Å². The number of benzene rings is 2. The summed E-state index contributed by atoms with van der Waals surface area (Å²) in [5.41, 5.74) is 7.93. The third-order valence-corrected chi connectivity index (χ3v) is 4.21. The van der Waals surface area contributed by atoms with E-state index in [9.17, 15) is 8.78 Å². The topological polar surface area (TPSA) is 26.0 Å². The molecular formula is C15H15F2NS.